The number of aromatic nitrogens is 3. The smallest absolute Gasteiger partial charge is 0.272 e. The van der Waals surface area contributed by atoms with Gasteiger partial charge in [-0.15, -0.1) is 0 Å². The molecule has 1 aliphatic heterocycles. The van der Waals surface area contributed by atoms with E-state index < -0.39 is 4.92 Å². The maximum Gasteiger partial charge on any atom is 0.272 e. The molecular formula is C28H30N6O4. The average molecular weight is 515 g/mol. The quantitative estimate of drug-likeness (QED) is 0.284. The van der Waals surface area contributed by atoms with Gasteiger partial charge >= 0.3 is 0 Å². The molecule has 10 nitrogen and oxygen atoms in total. The van der Waals surface area contributed by atoms with Crippen LogP contribution in [-0.4, -0.2) is 63.6 Å². The van der Waals surface area contributed by atoms with E-state index in [4.69, 9.17) is 14.8 Å². The van der Waals surface area contributed by atoms with Crippen LogP contribution in [0.15, 0.2) is 60.7 Å². The summed E-state index contributed by atoms with van der Waals surface area (Å²) in [6, 6.07) is 17.9. The van der Waals surface area contributed by atoms with E-state index in [1.54, 1.807) is 34.7 Å². The molecule has 0 aliphatic carbocycles. The number of hydrogen-bond donors (Lipinski definition) is 0. The molecule has 2 aromatic carbocycles. The first-order chi connectivity index (χ1) is 18.1. The van der Waals surface area contributed by atoms with Crippen molar-refractivity contribution in [3.63, 3.8) is 0 Å². The highest BCUT2D eigenvalue weighted by Gasteiger charge is 2.26. The molecule has 0 spiro atoms. The van der Waals surface area contributed by atoms with Gasteiger partial charge in [0.1, 0.15) is 11.4 Å². The van der Waals surface area contributed by atoms with Gasteiger partial charge in [0.05, 0.1) is 23.4 Å². The summed E-state index contributed by atoms with van der Waals surface area (Å²) in [7, 11) is 1.62. The number of nitrogens with zero attached hydrogens (tertiary/aromatic N) is 6. The standard InChI is InChI=1S/C28H30N6O4/c1-28(2,3)25-18-26-29-23(17-24(33(26)30-25)19-6-5-7-22(16-19)38-4)27(35)32-14-12-31(13-15-32)20-8-10-21(11-9-20)34(36)37/h5-11,16-18H,12-15H2,1-4H3. The van der Waals surface area contributed by atoms with E-state index in [1.165, 1.54) is 12.1 Å². The third kappa shape index (κ3) is 4.89. The van der Waals surface area contributed by atoms with E-state index in [0.717, 1.165) is 22.6 Å². The van der Waals surface area contributed by atoms with Crippen LogP contribution in [0.2, 0.25) is 0 Å². The number of hydrogen-bond acceptors (Lipinski definition) is 7. The third-order valence-corrected chi connectivity index (χ3v) is 6.77. The molecule has 2 aromatic heterocycles. The molecule has 196 valence electrons. The maximum absolute atomic E-state index is 13.6. The second kappa shape index (κ2) is 9.77. The Balaban J connectivity index is 1.44. The first-order valence-corrected chi connectivity index (χ1v) is 12.5. The number of benzene rings is 2. The number of nitro groups is 1. The van der Waals surface area contributed by atoms with Gasteiger partial charge in [-0.2, -0.15) is 5.10 Å². The van der Waals surface area contributed by atoms with Crippen molar-refractivity contribution in [3.8, 4) is 17.0 Å². The molecule has 0 saturated carbocycles. The Bertz CT molecular complexity index is 1500. The van der Waals surface area contributed by atoms with Crippen molar-refractivity contribution < 1.29 is 14.5 Å². The Morgan fingerprint density at radius 1 is 1.00 bits per heavy atom. The van der Waals surface area contributed by atoms with E-state index >= 15 is 0 Å². The highest BCUT2D eigenvalue weighted by molar-refractivity contribution is 5.94. The lowest BCUT2D eigenvalue weighted by atomic mass is 9.93. The third-order valence-electron chi connectivity index (χ3n) is 6.77. The summed E-state index contributed by atoms with van der Waals surface area (Å²) in [5, 5.41) is 15.8. The molecule has 1 amide bonds. The molecule has 0 N–H and O–H groups in total. The van der Waals surface area contributed by atoms with Gasteiger partial charge < -0.3 is 14.5 Å². The number of nitro benzene ring substituents is 1. The minimum Gasteiger partial charge on any atom is -0.497 e. The van der Waals surface area contributed by atoms with Gasteiger partial charge in [0.25, 0.3) is 11.6 Å². The highest BCUT2D eigenvalue weighted by Crippen LogP contribution is 2.29. The largest absolute Gasteiger partial charge is 0.497 e. The average Bonchev–Trinajstić information content (AvgIpc) is 3.37. The molecule has 0 radical (unpaired) electrons. The van der Waals surface area contributed by atoms with Crippen LogP contribution in [0.5, 0.6) is 5.75 Å². The van der Waals surface area contributed by atoms with Gasteiger partial charge in [0.15, 0.2) is 5.65 Å². The minimum absolute atomic E-state index is 0.0605. The molecule has 0 atom stereocenters. The molecule has 1 aliphatic rings. The van der Waals surface area contributed by atoms with Crippen LogP contribution in [0, 0.1) is 10.1 Å². The number of anilines is 1. The first kappa shape index (κ1) is 25.2. The Morgan fingerprint density at radius 3 is 2.34 bits per heavy atom. The van der Waals surface area contributed by atoms with Crippen LogP contribution in [0.25, 0.3) is 16.9 Å². The summed E-state index contributed by atoms with van der Waals surface area (Å²) in [5.74, 6) is 0.574. The first-order valence-electron chi connectivity index (χ1n) is 12.5. The SMILES string of the molecule is COc1cccc(-c2cc(C(=O)N3CCN(c4ccc([N+](=O)[O-])cc4)CC3)nc3cc(C(C)(C)C)nn23)c1. The van der Waals surface area contributed by atoms with Gasteiger partial charge in [-0.1, -0.05) is 32.9 Å². The van der Waals surface area contributed by atoms with Gasteiger partial charge in [-0.25, -0.2) is 9.50 Å². The number of carbonyl (C=O) groups is 1. The van der Waals surface area contributed by atoms with E-state index in [1.807, 2.05) is 30.3 Å². The number of methoxy groups -OCH3 is 1. The summed E-state index contributed by atoms with van der Waals surface area (Å²) < 4.78 is 7.22. The molecule has 38 heavy (non-hydrogen) atoms. The summed E-state index contributed by atoms with van der Waals surface area (Å²) in [6.45, 7) is 8.56. The van der Waals surface area contributed by atoms with Gasteiger partial charge in [-0.05, 0) is 30.3 Å². The molecule has 0 bridgehead atoms. The molecule has 1 saturated heterocycles. The predicted octanol–water partition coefficient (Wildman–Crippen LogP) is 4.57. The summed E-state index contributed by atoms with van der Waals surface area (Å²) in [6.07, 6.45) is 0. The number of piperazine rings is 1. The van der Waals surface area contributed by atoms with E-state index in [-0.39, 0.29) is 17.0 Å². The molecule has 1 fully saturated rings. The number of fused-ring (bicyclic) bond motifs is 1. The fourth-order valence-electron chi connectivity index (χ4n) is 4.55. The molecule has 4 aromatic rings. The minimum atomic E-state index is -0.408. The lowest BCUT2D eigenvalue weighted by Gasteiger charge is -2.36. The Hall–Kier alpha value is -4.47. The van der Waals surface area contributed by atoms with E-state index in [2.05, 4.69) is 25.7 Å². The van der Waals surface area contributed by atoms with Crippen LogP contribution in [0.3, 0.4) is 0 Å². The predicted molar refractivity (Wildman–Crippen MR) is 145 cm³/mol. The topological polar surface area (TPSA) is 106 Å². The van der Waals surface area contributed by atoms with Crippen molar-refractivity contribution in [1.82, 2.24) is 19.5 Å². The zero-order valence-electron chi connectivity index (χ0n) is 21.9. The fraction of sp³-hybridized carbons (Fsp3) is 0.321. The summed E-state index contributed by atoms with van der Waals surface area (Å²) in [4.78, 5) is 32.8. The monoisotopic (exact) mass is 514 g/mol. The maximum atomic E-state index is 13.6. The lowest BCUT2D eigenvalue weighted by Crippen LogP contribution is -2.49. The Kier molecular flexibility index (Phi) is 6.48. The van der Waals surface area contributed by atoms with Gasteiger partial charge in [0.2, 0.25) is 0 Å². The van der Waals surface area contributed by atoms with Crippen LogP contribution >= 0.6 is 0 Å². The van der Waals surface area contributed by atoms with Gasteiger partial charge in [-0.3, -0.25) is 14.9 Å². The van der Waals surface area contributed by atoms with Gasteiger partial charge in [0, 0.05) is 61.0 Å². The number of non-ortho nitro benzene ring substituents is 1. The van der Waals surface area contributed by atoms with Crippen molar-refractivity contribution in [1.29, 1.82) is 0 Å². The van der Waals surface area contributed by atoms with Crippen LogP contribution in [-0.2, 0) is 5.41 Å². The Labute approximate surface area is 220 Å². The number of rotatable bonds is 5. The van der Waals surface area contributed by atoms with Crippen LogP contribution < -0.4 is 9.64 Å². The van der Waals surface area contributed by atoms with Crippen molar-refractivity contribution in [2.45, 2.75) is 26.2 Å². The zero-order valence-corrected chi connectivity index (χ0v) is 21.9. The summed E-state index contributed by atoms with van der Waals surface area (Å²) in [5.41, 5.74) is 4.27. The normalized spacial score (nSPS) is 14.1. The van der Waals surface area contributed by atoms with E-state index in [9.17, 15) is 14.9 Å². The second-order valence-corrected chi connectivity index (χ2v) is 10.4. The fourth-order valence-corrected chi connectivity index (χ4v) is 4.55. The number of carbonyl (C=O) groups excluding carboxylic acids is 1. The van der Waals surface area contributed by atoms with Crippen molar-refractivity contribution >= 4 is 22.9 Å². The van der Waals surface area contributed by atoms with Crippen LogP contribution in [0.1, 0.15) is 37.0 Å². The molecule has 5 rings (SSSR count). The van der Waals surface area contributed by atoms with Crippen LogP contribution in [0.4, 0.5) is 11.4 Å². The lowest BCUT2D eigenvalue weighted by molar-refractivity contribution is -0.384. The Morgan fingerprint density at radius 2 is 1.71 bits per heavy atom. The number of ether oxygens (including phenoxy) is 1. The highest BCUT2D eigenvalue weighted by atomic mass is 16.6. The molecule has 10 heteroatoms. The summed E-state index contributed by atoms with van der Waals surface area (Å²) >= 11 is 0. The molecule has 0 unspecified atom stereocenters. The van der Waals surface area contributed by atoms with Crippen molar-refractivity contribution in [2.75, 3.05) is 38.2 Å². The number of amides is 1. The second-order valence-electron chi connectivity index (χ2n) is 10.4. The zero-order chi connectivity index (χ0) is 27.0. The van der Waals surface area contributed by atoms with Crippen molar-refractivity contribution in [3.05, 3.63) is 82.2 Å². The van der Waals surface area contributed by atoms with E-state index in [0.29, 0.717) is 43.3 Å². The molecular weight excluding hydrogens is 484 g/mol. The molecule has 3 heterocycles. The van der Waals surface area contributed by atoms with Crippen molar-refractivity contribution in [2.24, 2.45) is 0 Å².